The molecule has 20 heavy (non-hydrogen) atoms. The summed E-state index contributed by atoms with van der Waals surface area (Å²) in [5, 5.41) is 0. The highest BCUT2D eigenvalue weighted by Crippen LogP contribution is 2.26. The Labute approximate surface area is 123 Å². The molecule has 0 atom stereocenters. The Balaban J connectivity index is 1.68. The van der Waals surface area contributed by atoms with Crippen molar-refractivity contribution in [3.63, 3.8) is 0 Å². The van der Waals surface area contributed by atoms with Gasteiger partial charge in [0.15, 0.2) is 0 Å². The molecule has 0 bridgehead atoms. The molecular weight excluding hydrogens is 250 g/mol. The molecule has 1 amide bonds. The average molecular weight is 281 g/mol. The van der Waals surface area contributed by atoms with E-state index in [1.54, 1.807) is 0 Å². The van der Waals surface area contributed by atoms with E-state index in [0.717, 1.165) is 52.1 Å². The van der Waals surface area contributed by atoms with E-state index in [4.69, 9.17) is 5.73 Å². The van der Waals surface area contributed by atoms with Gasteiger partial charge < -0.3 is 10.6 Å². The Morgan fingerprint density at radius 3 is 2.25 bits per heavy atom. The monoisotopic (exact) mass is 281 g/mol. The fourth-order valence-corrected chi connectivity index (χ4v) is 3.48. The Hall–Kier alpha value is -0.610. The van der Waals surface area contributed by atoms with Crippen LogP contribution < -0.4 is 5.73 Å². The van der Waals surface area contributed by atoms with E-state index < -0.39 is 0 Å². The Morgan fingerprint density at radius 2 is 1.65 bits per heavy atom. The van der Waals surface area contributed by atoms with Crippen LogP contribution in [0.4, 0.5) is 0 Å². The predicted octanol–water partition coefficient (Wildman–Crippen LogP) is 1.84. The second-order valence-electron chi connectivity index (χ2n) is 6.43. The van der Waals surface area contributed by atoms with Gasteiger partial charge in [0.05, 0.1) is 0 Å². The largest absolute Gasteiger partial charge is 0.340 e. The normalized spacial score (nSPS) is 22.8. The number of carbonyl (C=O) groups excluding carboxylic acids is 1. The minimum Gasteiger partial charge on any atom is -0.340 e. The van der Waals surface area contributed by atoms with E-state index >= 15 is 0 Å². The summed E-state index contributed by atoms with van der Waals surface area (Å²) in [6, 6.07) is 0. The zero-order valence-electron chi connectivity index (χ0n) is 12.9. The molecule has 1 heterocycles. The highest BCUT2D eigenvalue weighted by molar-refractivity contribution is 5.76. The van der Waals surface area contributed by atoms with Crippen LogP contribution in [0.3, 0.4) is 0 Å². The van der Waals surface area contributed by atoms with Gasteiger partial charge in [0.2, 0.25) is 5.91 Å². The van der Waals surface area contributed by atoms with E-state index in [1.807, 2.05) is 0 Å². The van der Waals surface area contributed by atoms with Crippen molar-refractivity contribution in [2.24, 2.45) is 11.7 Å². The predicted molar refractivity (Wildman–Crippen MR) is 82.5 cm³/mol. The van der Waals surface area contributed by atoms with Crippen LogP contribution in [-0.2, 0) is 4.79 Å². The van der Waals surface area contributed by atoms with Gasteiger partial charge in [-0.3, -0.25) is 9.69 Å². The van der Waals surface area contributed by atoms with Crippen LogP contribution in [0.2, 0.25) is 0 Å². The van der Waals surface area contributed by atoms with Crippen molar-refractivity contribution in [3.8, 4) is 0 Å². The number of piperazine rings is 1. The number of nitrogens with zero attached hydrogens (tertiary/aromatic N) is 2. The second kappa shape index (κ2) is 8.63. The number of nitrogens with two attached hydrogens (primary N) is 1. The fourth-order valence-electron chi connectivity index (χ4n) is 3.48. The van der Waals surface area contributed by atoms with Gasteiger partial charge in [-0.2, -0.15) is 0 Å². The van der Waals surface area contributed by atoms with Gasteiger partial charge in [-0.1, -0.05) is 25.7 Å². The summed E-state index contributed by atoms with van der Waals surface area (Å²) >= 11 is 0. The summed E-state index contributed by atoms with van der Waals surface area (Å²) < 4.78 is 0. The molecule has 2 aliphatic rings. The first kappa shape index (κ1) is 15.8. The molecule has 0 aromatic carbocycles. The van der Waals surface area contributed by atoms with Gasteiger partial charge in [-0.25, -0.2) is 0 Å². The third kappa shape index (κ3) is 5.06. The van der Waals surface area contributed by atoms with E-state index in [1.165, 1.54) is 38.5 Å². The number of amides is 1. The molecule has 2 fully saturated rings. The van der Waals surface area contributed by atoms with Gasteiger partial charge in [0, 0.05) is 32.6 Å². The van der Waals surface area contributed by atoms with Crippen LogP contribution >= 0.6 is 0 Å². The van der Waals surface area contributed by atoms with Gasteiger partial charge in [-0.15, -0.1) is 0 Å². The van der Waals surface area contributed by atoms with E-state index in [0.29, 0.717) is 11.8 Å². The zero-order valence-corrected chi connectivity index (χ0v) is 12.9. The molecule has 2 N–H and O–H groups in total. The summed E-state index contributed by atoms with van der Waals surface area (Å²) in [7, 11) is 0. The molecule has 1 saturated carbocycles. The molecule has 0 aromatic heterocycles. The van der Waals surface area contributed by atoms with Crippen LogP contribution in [0.25, 0.3) is 0 Å². The highest BCUT2D eigenvalue weighted by atomic mass is 16.2. The van der Waals surface area contributed by atoms with E-state index in [9.17, 15) is 4.79 Å². The molecule has 116 valence electrons. The molecule has 1 saturated heterocycles. The lowest BCUT2D eigenvalue weighted by Gasteiger charge is -2.35. The minimum absolute atomic E-state index is 0.398. The van der Waals surface area contributed by atoms with Gasteiger partial charge in [0.1, 0.15) is 0 Å². The van der Waals surface area contributed by atoms with Crippen molar-refractivity contribution in [1.82, 2.24) is 9.80 Å². The maximum atomic E-state index is 12.4. The summed E-state index contributed by atoms with van der Waals surface area (Å²) in [6.45, 7) is 5.72. The Morgan fingerprint density at radius 1 is 1.00 bits per heavy atom. The van der Waals surface area contributed by atoms with Crippen molar-refractivity contribution in [2.75, 3.05) is 39.3 Å². The van der Waals surface area contributed by atoms with Crippen molar-refractivity contribution in [1.29, 1.82) is 0 Å². The molecule has 0 spiro atoms. The lowest BCUT2D eigenvalue weighted by Crippen LogP contribution is -2.49. The smallest absolute Gasteiger partial charge is 0.222 e. The SMILES string of the molecule is NCCCN1CCN(C(=O)CC2CCCCCC2)CC1. The van der Waals surface area contributed by atoms with Crippen LogP contribution in [-0.4, -0.2) is 55.0 Å². The maximum Gasteiger partial charge on any atom is 0.222 e. The van der Waals surface area contributed by atoms with Crippen LogP contribution in [0.15, 0.2) is 0 Å². The quantitative estimate of drug-likeness (QED) is 0.782. The number of carbonyl (C=O) groups is 1. The number of hydrogen-bond donors (Lipinski definition) is 1. The third-order valence-electron chi connectivity index (χ3n) is 4.84. The molecule has 1 aliphatic carbocycles. The standard InChI is InChI=1S/C16H31N3O/c17-8-5-9-18-10-12-19(13-11-18)16(20)14-15-6-3-1-2-4-7-15/h15H,1-14,17H2. The summed E-state index contributed by atoms with van der Waals surface area (Å²) in [6.07, 6.45) is 9.77. The second-order valence-corrected chi connectivity index (χ2v) is 6.43. The third-order valence-corrected chi connectivity index (χ3v) is 4.84. The zero-order chi connectivity index (χ0) is 14.2. The van der Waals surface area contributed by atoms with Crippen LogP contribution in [0, 0.1) is 5.92 Å². The van der Waals surface area contributed by atoms with Gasteiger partial charge >= 0.3 is 0 Å². The summed E-state index contributed by atoms with van der Waals surface area (Å²) in [4.78, 5) is 16.9. The average Bonchev–Trinajstić information content (AvgIpc) is 2.74. The van der Waals surface area contributed by atoms with Crippen molar-refractivity contribution in [3.05, 3.63) is 0 Å². The fraction of sp³-hybridized carbons (Fsp3) is 0.938. The summed E-state index contributed by atoms with van der Waals surface area (Å²) in [5.41, 5.74) is 5.55. The first-order valence-electron chi connectivity index (χ1n) is 8.50. The summed E-state index contributed by atoms with van der Waals surface area (Å²) in [5.74, 6) is 1.05. The van der Waals surface area contributed by atoms with Crippen LogP contribution in [0.1, 0.15) is 51.4 Å². The molecule has 1 aliphatic heterocycles. The molecule has 0 aromatic rings. The van der Waals surface area contributed by atoms with Gasteiger partial charge in [-0.05, 0) is 38.3 Å². The van der Waals surface area contributed by atoms with E-state index in [2.05, 4.69) is 9.80 Å². The topological polar surface area (TPSA) is 49.6 Å². The molecule has 4 nitrogen and oxygen atoms in total. The molecular formula is C16H31N3O. The molecule has 0 unspecified atom stereocenters. The lowest BCUT2D eigenvalue weighted by atomic mass is 9.96. The maximum absolute atomic E-state index is 12.4. The first-order valence-corrected chi connectivity index (χ1v) is 8.50. The first-order chi connectivity index (χ1) is 9.79. The molecule has 2 rings (SSSR count). The van der Waals surface area contributed by atoms with E-state index in [-0.39, 0.29) is 0 Å². The van der Waals surface area contributed by atoms with Crippen molar-refractivity contribution in [2.45, 2.75) is 51.4 Å². The minimum atomic E-state index is 0.398. The lowest BCUT2D eigenvalue weighted by molar-refractivity contribution is -0.134. The Kier molecular flexibility index (Phi) is 6.80. The molecule has 4 heteroatoms. The van der Waals surface area contributed by atoms with Crippen LogP contribution in [0.5, 0.6) is 0 Å². The molecule has 0 radical (unpaired) electrons. The van der Waals surface area contributed by atoms with Crippen molar-refractivity contribution >= 4 is 5.91 Å². The number of hydrogen-bond acceptors (Lipinski definition) is 3. The Bertz CT molecular complexity index is 279. The number of rotatable bonds is 5. The van der Waals surface area contributed by atoms with Gasteiger partial charge in [0.25, 0.3) is 0 Å². The van der Waals surface area contributed by atoms with Crippen molar-refractivity contribution < 1.29 is 4.79 Å². The highest BCUT2D eigenvalue weighted by Gasteiger charge is 2.23.